The number of ether oxygens (including phenoxy) is 1. The average Bonchev–Trinajstić information content (AvgIpc) is 3.21. The lowest BCUT2D eigenvalue weighted by molar-refractivity contribution is -0.146. The Morgan fingerprint density at radius 3 is 2.80 bits per heavy atom. The fourth-order valence-electron chi connectivity index (χ4n) is 3.62. The molecule has 0 radical (unpaired) electrons. The summed E-state index contributed by atoms with van der Waals surface area (Å²) in [6.07, 6.45) is 1.55. The second kappa shape index (κ2) is 9.36. The van der Waals surface area contributed by atoms with Crippen molar-refractivity contribution in [2.75, 3.05) is 20.2 Å². The van der Waals surface area contributed by atoms with Crippen LogP contribution in [-0.2, 0) is 24.3 Å². The minimum atomic E-state index is -3.83. The van der Waals surface area contributed by atoms with Crippen LogP contribution >= 0.6 is 11.7 Å². The Hall–Kier alpha value is -2.11. The van der Waals surface area contributed by atoms with Gasteiger partial charge >= 0.3 is 5.97 Å². The molecule has 1 fully saturated rings. The molecular formula is C19H26N4O5S2. The van der Waals surface area contributed by atoms with Gasteiger partial charge in [0.2, 0.25) is 15.9 Å². The van der Waals surface area contributed by atoms with Crippen molar-refractivity contribution in [1.29, 1.82) is 0 Å². The Balaban J connectivity index is 1.76. The Morgan fingerprint density at radius 1 is 1.33 bits per heavy atom. The van der Waals surface area contributed by atoms with Crippen LogP contribution in [0.1, 0.15) is 33.1 Å². The van der Waals surface area contributed by atoms with Gasteiger partial charge < -0.3 is 10.1 Å². The predicted molar refractivity (Wildman–Crippen MR) is 112 cm³/mol. The first-order valence-corrected chi connectivity index (χ1v) is 12.0. The first kappa shape index (κ1) is 22.6. The number of rotatable bonds is 7. The van der Waals surface area contributed by atoms with Crippen molar-refractivity contribution in [2.24, 2.45) is 11.8 Å². The summed E-state index contributed by atoms with van der Waals surface area (Å²) in [4.78, 5) is 24.9. The average molecular weight is 455 g/mol. The largest absolute Gasteiger partial charge is 0.467 e. The third-order valence-electron chi connectivity index (χ3n) is 5.13. The first-order chi connectivity index (χ1) is 14.2. The first-order valence-electron chi connectivity index (χ1n) is 9.83. The number of carbonyl (C=O) groups is 2. The van der Waals surface area contributed by atoms with Crippen LogP contribution < -0.4 is 5.32 Å². The third-order valence-corrected chi connectivity index (χ3v) is 7.57. The SMILES string of the molecule is COC(=O)[C@H](CC(C)C)NC(=O)[C@@H]1CCCN(S(=O)(=O)c2cccc3nsnc23)C1. The third kappa shape index (κ3) is 4.79. The van der Waals surface area contributed by atoms with Crippen molar-refractivity contribution in [1.82, 2.24) is 18.4 Å². The maximum Gasteiger partial charge on any atom is 0.328 e. The van der Waals surface area contributed by atoms with Crippen LogP contribution in [0.3, 0.4) is 0 Å². The van der Waals surface area contributed by atoms with E-state index < -0.39 is 28.0 Å². The van der Waals surface area contributed by atoms with Crippen molar-refractivity contribution in [3.05, 3.63) is 18.2 Å². The van der Waals surface area contributed by atoms with Crippen molar-refractivity contribution in [2.45, 2.75) is 44.0 Å². The minimum absolute atomic E-state index is 0.0533. The Bertz CT molecular complexity index is 1020. The number of methoxy groups -OCH3 is 1. The Kier molecular flexibility index (Phi) is 7.04. The lowest BCUT2D eigenvalue weighted by Crippen LogP contribution is -2.49. The lowest BCUT2D eigenvalue weighted by atomic mass is 9.97. The molecule has 164 valence electrons. The summed E-state index contributed by atoms with van der Waals surface area (Å²) in [6, 6.07) is 4.12. The number of piperidine rings is 1. The molecule has 1 amide bonds. The number of nitrogens with zero attached hydrogens (tertiary/aromatic N) is 3. The van der Waals surface area contributed by atoms with Crippen LogP contribution in [0.25, 0.3) is 11.0 Å². The fraction of sp³-hybridized carbons (Fsp3) is 0.579. The van der Waals surface area contributed by atoms with E-state index in [2.05, 4.69) is 14.1 Å². The van der Waals surface area contributed by atoms with E-state index >= 15 is 0 Å². The van der Waals surface area contributed by atoms with Crippen molar-refractivity contribution in [3.8, 4) is 0 Å². The van der Waals surface area contributed by atoms with Gasteiger partial charge in [-0.1, -0.05) is 19.9 Å². The number of amides is 1. The monoisotopic (exact) mass is 454 g/mol. The van der Waals surface area contributed by atoms with Crippen molar-refractivity contribution in [3.63, 3.8) is 0 Å². The molecule has 0 bridgehead atoms. The molecule has 2 heterocycles. The zero-order valence-electron chi connectivity index (χ0n) is 17.2. The molecule has 2 atom stereocenters. The van der Waals surface area contributed by atoms with E-state index in [1.165, 1.54) is 17.5 Å². The normalized spacial score (nSPS) is 19.0. The van der Waals surface area contributed by atoms with Crippen LogP contribution in [0.15, 0.2) is 23.1 Å². The van der Waals surface area contributed by atoms with E-state index in [-0.39, 0.29) is 23.3 Å². The van der Waals surface area contributed by atoms with E-state index in [0.29, 0.717) is 36.8 Å². The van der Waals surface area contributed by atoms with Gasteiger partial charge in [0.05, 0.1) is 24.8 Å². The number of carbonyl (C=O) groups excluding carboxylic acids is 2. The highest BCUT2D eigenvalue weighted by Crippen LogP contribution is 2.28. The molecule has 1 saturated heterocycles. The number of nitrogens with one attached hydrogen (secondary N) is 1. The molecule has 30 heavy (non-hydrogen) atoms. The maximum absolute atomic E-state index is 13.2. The number of aromatic nitrogens is 2. The van der Waals surface area contributed by atoms with Gasteiger partial charge in [0.1, 0.15) is 22.0 Å². The number of esters is 1. The summed E-state index contributed by atoms with van der Waals surface area (Å²) in [6.45, 7) is 4.28. The highest BCUT2D eigenvalue weighted by Gasteiger charge is 2.36. The van der Waals surface area contributed by atoms with Gasteiger partial charge in [-0.25, -0.2) is 13.2 Å². The molecule has 1 aromatic heterocycles. The van der Waals surface area contributed by atoms with Gasteiger partial charge in [-0.15, -0.1) is 0 Å². The molecule has 0 aliphatic carbocycles. The molecule has 1 N–H and O–H groups in total. The minimum Gasteiger partial charge on any atom is -0.467 e. The zero-order valence-corrected chi connectivity index (χ0v) is 18.8. The van der Waals surface area contributed by atoms with Crippen LogP contribution in [0.5, 0.6) is 0 Å². The van der Waals surface area contributed by atoms with Gasteiger partial charge in [-0.05, 0) is 37.3 Å². The van der Waals surface area contributed by atoms with Crippen LogP contribution in [0.2, 0.25) is 0 Å². The van der Waals surface area contributed by atoms with Crippen molar-refractivity contribution < 1.29 is 22.7 Å². The quantitative estimate of drug-likeness (QED) is 0.634. The molecule has 2 aromatic rings. The van der Waals surface area contributed by atoms with Gasteiger partial charge in [0, 0.05) is 13.1 Å². The topological polar surface area (TPSA) is 119 Å². The van der Waals surface area contributed by atoms with Crippen LogP contribution in [0, 0.1) is 11.8 Å². The fourth-order valence-corrected chi connectivity index (χ4v) is 5.90. The molecule has 0 spiro atoms. The number of benzene rings is 1. The highest BCUT2D eigenvalue weighted by molar-refractivity contribution is 7.89. The number of sulfonamides is 1. The van der Waals surface area contributed by atoms with E-state index in [1.54, 1.807) is 12.1 Å². The summed E-state index contributed by atoms with van der Waals surface area (Å²) in [7, 11) is -2.55. The number of fused-ring (bicyclic) bond motifs is 1. The van der Waals surface area contributed by atoms with Crippen LogP contribution in [-0.4, -0.2) is 59.6 Å². The number of hydrogen-bond acceptors (Lipinski definition) is 8. The summed E-state index contributed by atoms with van der Waals surface area (Å²) in [5, 5.41) is 2.75. The molecule has 0 saturated carbocycles. The summed E-state index contributed by atoms with van der Waals surface area (Å²) >= 11 is 0.961. The van der Waals surface area contributed by atoms with Gasteiger partial charge in [-0.2, -0.15) is 13.1 Å². The maximum atomic E-state index is 13.2. The molecule has 1 aliphatic rings. The van der Waals surface area contributed by atoms with E-state index in [9.17, 15) is 18.0 Å². The molecule has 11 heteroatoms. The number of hydrogen-bond donors (Lipinski definition) is 1. The molecule has 1 aliphatic heterocycles. The zero-order chi connectivity index (χ0) is 21.9. The summed E-state index contributed by atoms with van der Waals surface area (Å²) in [5.41, 5.74) is 0.874. The molecular weight excluding hydrogens is 428 g/mol. The molecule has 9 nitrogen and oxygen atoms in total. The van der Waals surface area contributed by atoms with Crippen LogP contribution in [0.4, 0.5) is 0 Å². The van der Waals surface area contributed by atoms with Crippen molar-refractivity contribution >= 4 is 44.7 Å². The summed E-state index contributed by atoms with van der Waals surface area (Å²) in [5.74, 6) is -1.19. The van der Waals surface area contributed by atoms with E-state index in [0.717, 1.165) is 11.7 Å². The summed E-state index contributed by atoms with van der Waals surface area (Å²) < 4.78 is 40.8. The van der Waals surface area contributed by atoms with Gasteiger partial charge in [-0.3, -0.25) is 4.79 Å². The Labute approximate surface area is 180 Å². The second-order valence-electron chi connectivity index (χ2n) is 7.80. The molecule has 0 unspecified atom stereocenters. The standard InChI is InChI=1S/C19H26N4O5S2/c1-12(2)10-15(19(25)28-3)20-18(24)13-6-5-9-23(11-13)30(26,27)16-8-4-7-14-17(16)22-29-21-14/h4,7-8,12-13,15H,5-6,9-11H2,1-3H3,(H,20,24)/t13-,15+/m1/s1. The lowest BCUT2D eigenvalue weighted by Gasteiger charge is -2.32. The van der Waals surface area contributed by atoms with Gasteiger partial charge in [0.15, 0.2) is 0 Å². The van der Waals surface area contributed by atoms with E-state index in [4.69, 9.17) is 4.74 Å². The highest BCUT2D eigenvalue weighted by atomic mass is 32.2. The van der Waals surface area contributed by atoms with E-state index in [1.807, 2.05) is 13.8 Å². The molecule has 3 rings (SSSR count). The smallest absolute Gasteiger partial charge is 0.328 e. The van der Waals surface area contributed by atoms with Gasteiger partial charge in [0.25, 0.3) is 0 Å². The Morgan fingerprint density at radius 2 is 2.10 bits per heavy atom. The second-order valence-corrected chi connectivity index (χ2v) is 10.2. The predicted octanol–water partition coefficient (Wildman–Crippen LogP) is 1.80. The molecule has 1 aromatic carbocycles.